The zero-order valence-corrected chi connectivity index (χ0v) is 19.0. The Morgan fingerprint density at radius 1 is 1.07 bits per heavy atom. The lowest BCUT2D eigenvalue weighted by atomic mass is 9.97. The number of nitrogens with zero attached hydrogens (tertiary/aromatic N) is 4. The van der Waals surface area contributed by atoms with Crippen molar-refractivity contribution in [2.24, 2.45) is 10.9 Å². The Balaban J connectivity index is 1.51. The first-order chi connectivity index (χ1) is 14.7. The third-order valence-corrected chi connectivity index (χ3v) is 6.16. The third-order valence-electron chi connectivity index (χ3n) is 6.16. The molecule has 0 aliphatic carbocycles. The quantitative estimate of drug-likeness (QED) is 0.517. The van der Waals surface area contributed by atoms with Crippen LogP contribution in [0.25, 0.3) is 0 Å². The number of likely N-dealkylation sites (tertiary alicyclic amines) is 1. The fourth-order valence-electron chi connectivity index (χ4n) is 4.30. The molecule has 0 atom stereocenters. The number of para-hydroxylation sites is 2. The van der Waals surface area contributed by atoms with Gasteiger partial charge in [-0.15, -0.1) is 0 Å². The topological polar surface area (TPSA) is 52.6 Å². The Morgan fingerprint density at radius 2 is 1.80 bits per heavy atom. The van der Waals surface area contributed by atoms with E-state index in [0.29, 0.717) is 5.92 Å². The fourth-order valence-corrected chi connectivity index (χ4v) is 4.30. The maximum Gasteiger partial charge on any atom is 0.194 e. The first kappa shape index (κ1) is 22.7. The summed E-state index contributed by atoms with van der Waals surface area (Å²) in [6.45, 7) is 12.1. The van der Waals surface area contributed by atoms with E-state index >= 15 is 0 Å². The highest BCUT2D eigenvalue weighted by Crippen LogP contribution is 2.28. The van der Waals surface area contributed by atoms with E-state index in [1.54, 1.807) is 14.2 Å². The van der Waals surface area contributed by atoms with E-state index in [1.807, 2.05) is 12.1 Å². The molecule has 0 spiro atoms. The molecule has 2 heterocycles. The van der Waals surface area contributed by atoms with Crippen molar-refractivity contribution in [1.29, 1.82) is 0 Å². The second-order valence-corrected chi connectivity index (χ2v) is 8.12. The van der Waals surface area contributed by atoms with Crippen LogP contribution in [0.1, 0.15) is 19.8 Å². The van der Waals surface area contributed by atoms with E-state index in [1.165, 1.54) is 18.5 Å². The van der Waals surface area contributed by atoms with E-state index in [2.05, 4.69) is 39.1 Å². The van der Waals surface area contributed by atoms with Crippen LogP contribution in [0, 0.1) is 5.92 Å². The fraction of sp³-hybridized carbons (Fsp3) is 0.696. The van der Waals surface area contributed by atoms with Gasteiger partial charge in [-0.1, -0.05) is 12.1 Å². The van der Waals surface area contributed by atoms with E-state index in [4.69, 9.17) is 14.5 Å². The molecule has 0 bridgehead atoms. The monoisotopic (exact) mass is 417 g/mol. The lowest BCUT2D eigenvalue weighted by Crippen LogP contribution is -2.52. The molecule has 2 saturated heterocycles. The van der Waals surface area contributed by atoms with Gasteiger partial charge >= 0.3 is 0 Å². The number of piperidine rings is 1. The number of nitrogens with one attached hydrogen (secondary N) is 1. The minimum Gasteiger partial charge on any atom is -0.495 e. The van der Waals surface area contributed by atoms with Gasteiger partial charge in [0.15, 0.2) is 5.96 Å². The summed E-state index contributed by atoms with van der Waals surface area (Å²) in [6, 6.07) is 8.29. The number of methoxy groups -OCH3 is 2. The van der Waals surface area contributed by atoms with Gasteiger partial charge in [0.1, 0.15) is 5.75 Å². The predicted octanol–water partition coefficient (Wildman–Crippen LogP) is 2.14. The van der Waals surface area contributed by atoms with Gasteiger partial charge in [-0.3, -0.25) is 4.99 Å². The molecule has 0 amide bonds. The van der Waals surface area contributed by atoms with Gasteiger partial charge in [-0.2, -0.15) is 0 Å². The average molecular weight is 418 g/mol. The first-order valence-corrected chi connectivity index (χ1v) is 11.4. The van der Waals surface area contributed by atoms with Crippen molar-refractivity contribution in [2.75, 3.05) is 84.6 Å². The summed E-state index contributed by atoms with van der Waals surface area (Å²) in [5.74, 6) is 2.70. The van der Waals surface area contributed by atoms with Gasteiger partial charge in [0.25, 0.3) is 0 Å². The summed E-state index contributed by atoms with van der Waals surface area (Å²) in [5.41, 5.74) is 1.18. The number of benzene rings is 1. The highest BCUT2D eigenvalue weighted by molar-refractivity contribution is 5.80. The van der Waals surface area contributed by atoms with Gasteiger partial charge in [-0.25, -0.2) is 0 Å². The van der Waals surface area contributed by atoms with Crippen molar-refractivity contribution in [3.8, 4) is 5.75 Å². The zero-order chi connectivity index (χ0) is 21.2. The van der Waals surface area contributed by atoms with E-state index in [-0.39, 0.29) is 0 Å². The van der Waals surface area contributed by atoms with Gasteiger partial charge in [0, 0.05) is 52.9 Å². The van der Waals surface area contributed by atoms with Crippen molar-refractivity contribution in [1.82, 2.24) is 15.1 Å². The molecule has 2 aliphatic heterocycles. The second-order valence-electron chi connectivity index (χ2n) is 8.12. The SMILES string of the molecule is CCNC(=NCC1CCN(CCOC)CC1)N1CCN(c2ccccc2OC)CC1. The standard InChI is InChI=1S/C23H39N5O2/c1-4-24-23(25-19-20-9-11-26(12-10-20)17-18-29-2)28-15-13-27(14-16-28)21-7-5-6-8-22(21)30-3/h5-8,20H,4,9-19H2,1-3H3,(H,24,25). The number of aliphatic imine (C=N–C) groups is 1. The molecule has 7 nitrogen and oxygen atoms in total. The van der Waals surface area contributed by atoms with Crippen molar-refractivity contribution in [2.45, 2.75) is 19.8 Å². The van der Waals surface area contributed by atoms with Crippen LogP contribution in [-0.4, -0.2) is 95.5 Å². The molecule has 0 radical (unpaired) electrons. The maximum absolute atomic E-state index is 5.54. The number of hydrogen-bond donors (Lipinski definition) is 1. The summed E-state index contributed by atoms with van der Waals surface area (Å²) < 4.78 is 10.7. The van der Waals surface area contributed by atoms with Crippen molar-refractivity contribution < 1.29 is 9.47 Å². The Kier molecular flexibility index (Phi) is 9.08. The largest absolute Gasteiger partial charge is 0.495 e. The molecule has 0 saturated carbocycles. The van der Waals surface area contributed by atoms with Crippen LogP contribution >= 0.6 is 0 Å². The van der Waals surface area contributed by atoms with Crippen LogP contribution in [0.2, 0.25) is 0 Å². The van der Waals surface area contributed by atoms with Crippen LogP contribution in [0.5, 0.6) is 5.75 Å². The van der Waals surface area contributed by atoms with Crippen LogP contribution in [0.15, 0.2) is 29.3 Å². The molecule has 168 valence electrons. The molecule has 2 fully saturated rings. The van der Waals surface area contributed by atoms with Crippen LogP contribution < -0.4 is 15.0 Å². The van der Waals surface area contributed by atoms with E-state index in [0.717, 1.165) is 77.2 Å². The van der Waals surface area contributed by atoms with Crippen molar-refractivity contribution in [3.63, 3.8) is 0 Å². The van der Waals surface area contributed by atoms with Gasteiger partial charge in [-0.05, 0) is 50.9 Å². The van der Waals surface area contributed by atoms with Crippen molar-refractivity contribution in [3.05, 3.63) is 24.3 Å². The predicted molar refractivity (Wildman–Crippen MR) is 124 cm³/mol. The molecule has 7 heteroatoms. The molecule has 2 aliphatic rings. The average Bonchev–Trinajstić information content (AvgIpc) is 2.81. The molecule has 1 N–H and O–H groups in total. The van der Waals surface area contributed by atoms with E-state index in [9.17, 15) is 0 Å². The summed E-state index contributed by atoms with van der Waals surface area (Å²) >= 11 is 0. The van der Waals surface area contributed by atoms with Crippen LogP contribution in [0.4, 0.5) is 5.69 Å². The summed E-state index contributed by atoms with van der Waals surface area (Å²) in [5, 5.41) is 3.51. The molecule has 1 aromatic rings. The van der Waals surface area contributed by atoms with Crippen molar-refractivity contribution >= 4 is 11.6 Å². The van der Waals surface area contributed by atoms with E-state index < -0.39 is 0 Å². The Morgan fingerprint density at radius 3 is 2.47 bits per heavy atom. The number of piperazine rings is 1. The van der Waals surface area contributed by atoms with Gasteiger partial charge in [0.2, 0.25) is 0 Å². The molecular weight excluding hydrogens is 378 g/mol. The zero-order valence-electron chi connectivity index (χ0n) is 19.0. The lowest BCUT2D eigenvalue weighted by molar-refractivity contribution is 0.121. The van der Waals surface area contributed by atoms with Gasteiger partial charge in [0.05, 0.1) is 19.4 Å². The lowest BCUT2D eigenvalue weighted by Gasteiger charge is -2.38. The number of guanidine groups is 1. The Hall–Kier alpha value is -1.99. The molecular formula is C23H39N5O2. The summed E-state index contributed by atoms with van der Waals surface area (Å²) in [4.78, 5) is 12.3. The molecule has 1 aromatic carbocycles. The third kappa shape index (κ3) is 6.25. The minimum atomic E-state index is 0.687. The summed E-state index contributed by atoms with van der Waals surface area (Å²) in [6.07, 6.45) is 2.46. The number of anilines is 1. The molecule has 0 aromatic heterocycles. The second kappa shape index (κ2) is 12.0. The highest BCUT2D eigenvalue weighted by atomic mass is 16.5. The molecule has 0 unspecified atom stereocenters. The van der Waals surface area contributed by atoms with Crippen LogP contribution in [-0.2, 0) is 4.74 Å². The minimum absolute atomic E-state index is 0.687. The molecule has 30 heavy (non-hydrogen) atoms. The maximum atomic E-state index is 5.54. The number of ether oxygens (including phenoxy) is 2. The Labute approximate surface area is 182 Å². The number of hydrogen-bond acceptors (Lipinski definition) is 5. The number of rotatable bonds is 8. The smallest absolute Gasteiger partial charge is 0.194 e. The molecule has 3 rings (SSSR count). The normalized spacial score (nSPS) is 19.2. The van der Waals surface area contributed by atoms with Gasteiger partial charge < -0.3 is 29.5 Å². The Bertz CT molecular complexity index is 653. The first-order valence-electron chi connectivity index (χ1n) is 11.4. The highest BCUT2D eigenvalue weighted by Gasteiger charge is 2.23. The van der Waals surface area contributed by atoms with Crippen LogP contribution in [0.3, 0.4) is 0 Å². The summed E-state index contributed by atoms with van der Waals surface area (Å²) in [7, 11) is 3.52.